The maximum atomic E-state index is 12.5. The zero-order valence-electron chi connectivity index (χ0n) is 11.5. The summed E-state index contributed by atoms with van der Waals surface area (Å²) in [7, 11) is 1.61. The summed E-state index contributed by atoms with van der Waals surface area (Å²) >= 11 is 0. The van der Waals surface area contributed by atoms with Crippen molar-refractivity contribution < 1.29 is 9.53 Å². The Kier molecular flexibility index (Phi) is 4.93. The van der Waals surface area contributed by atoms with Gasteiger partial charge < -0.3 is 15.4 Å². The van der Waals surface area contributed by atoms with Crippen molar-refractivity contribution >= 4 is 5.78 Å². The predicted octanol–water partition coefficient (Wildman–Crippen LogP) is 1.55. The number of ketones is 1. The first-order valence-electron chi connectivity index (χ1n) is 6.86. The van der Waals surface area contributed by atoms with Crippen molar-refractivity contribution in [2.45, 2.75) is 12.8 Å². The van der Waals surface area contributed by atoms with Crippen LogP contribution in [0.1, 0.15) is 23.2 Å². The number of hydrogen-bond acceptors (Lipinski definition) is 4. The van der Waals surface area contributed by atoms with Gasteiger partial charge in [0.15, 0.2) is 5.78 Å². The van der Waals surface area contributed by atoms with Gasteiger partial charge in [0.2, 0.25) is 0 Å². The Labute approximate surface area is 114 Å². The van der Waals surface area contributed by atoms with Crippen LogP contribution in [0.4, 0.5) is 0 Å². The molecule has 0 atom stereocenters. The molecule has 0 aromatic heterocycles. The van der Waals surface area contributed by atoms with E-state index in [4.69, 9.17) is 10.5 Å². The maximum absolute atomic E-state index is 12.5. The molecule has 1 aromatic carbocycles. The van der Waals surface area contributed by atoms with Crippen LogP contribution in [0.25, 0.3) is 0 Å². The largest absolute Gasteiger partial charge is 0.496 e. The standard InChI is InChI=1S/C15H22N2O2/c1-19-14-5-3-2-4-13(14)15(18)12-6-9-17(10-7-12)11-8-16/h2-5,12H,6-11,16H2,1H3. The summed E-state index contributed by atoms with van der Waals surface area (Å²) in [5, 5.41) is 0. The summed E-state index contributed by atoms with van der Waals surface area (Å²) < 4.78 is 5.27. The molecule has 0 unspecified atom stereocenters. The summed E-state index contributed by atoms with van der Waals surface area (Å²) in [6.07, 6.45) is 1.83. The number of ether oxygens (including phenoxy) is 1. The van der Waals surface area contributed by atoms with Crippen molar-refractivity contribution in [3.63, 3.8) is 0 Å². The summed E-state index contributed by atoms with van der Waals surface area (Å²) in [6.45, 7) is 3.53. The minimum Gasteiger partial charge on any atom is -0.496 e. The minimum absolute atomic E-state index is 0.116. The smallest absolute Gasteiger partial charge is 0.169 e. The molecule has 1 aromatic rings. The van der Waals surface area contributed by atoms with Crippen LogP contribution in [0.15, 0.2) is 24.3 Å². The van der Waals surface area contributed by atoms with Crippen molar-refractivity contribution in [2.75, 3.05) is 33.3 Å². The lowest BCUT2D eigenvalue weighted by atomic mass is 9.88. The van der Waals surface area contributed by atoms with E-state index in [1.54, 1.807) is 7.11 Å². The van der Waals surface area contributed by atoms with Gasteiger partial charge in [-0.1, -0.05) is 12.1 Å². The molecule has 0 spiro atoms. The lowest BCUT2D eigenvalue weighted by Gasteiger charge is -2.31. The Morgan fingerprint density at radius 1 is 1.37 bits per heavy atom. The van der Waals surface area contributed by atoms with Gasteiger partial charge in [0, 0.05) is 19.0 Å². The molecule has 2 rings (SSSR count). The van der Waals surface area contributed by atoms with E-state index >= 15 is 0 Å². The van der Waals surface area contributed by atoms with E-state index < -0.39 is 0 Å². The molecule has 1 aliphatic rings. The molecule has 0 amide bonds. The molecular weight excluding hydrogens is 240 g/mol. The Morgan fingerprint density at radius 2 is 2.05 bits per heavy atom. The zero-order valence-corrected chi connectivity index (χ0v) is 11.5. The fourth-order valence-corrected chi connectivity index (χ4v) is 2.67. The fourth-order valence-electron chi connectivity index (χ4n) is 2.67. The van der Waals surface area contributed by atoms with E-state index in [1.165, 1.54) is 0 Å². The van der Waals surface area contributed by atoms with Gasteiger partial charge in [-0.2, -0.15) is 0 Å². The van der Waals surface area contributed by atoms with Crippen LogP contribution in [0.3, 0.4) is 0 Å². The molecule has 0 aliphatic carbocycles. The van der Waals surface area contributed by atoms with Gasteiger partial charge in [-0.15, -0.1) is 0 Å². The van der Waals surface area contributed by atoms with E-state index in [-0.39, 0.29) is 11.7 Å². The molecule has 0 radical (unpaired) electrons. The van der Waals surface area contributed by atoms with Crippen molar-refractivity contribution in [2.24, 2.45) is 11.7 Å². The van der Waals surface area contributed by atoms with Gasteiger partial charge in [-0.3, -0.25) is 4.79 Å². The van der Waals surface area contributed by atoms with E-state index in [0.29, 0.717) is 17.9 Å². The van der Waals surface area contributed by atoms with Crippen molar-refractivity contribution in [3.8, 4) is 5.75 Å². The SMILES string of the molecule is COc1ccccc1C(=O)C1CCN(CCN)CC1. The molecule has 2 N–H and O–H groups in total. The van der Waals surface area contributed by atoms with Gasteiger partial charge in [0.05, 0.1) is 12.7 Å². The number of rotatable bonds is 5. The zero-order chi connectivity index (χ0) is 13.7. The number of piperidine rings is 1. The van der Waals surface area contributed by atoms with Crippen LogP contribution in [0.2, 0.25) is 0 Å². The molecule has 4 heteroatoms. The molecule has 19 heavy (non-hydrogen) atoms. The number of likely N-dealkylation sites (tertiary alicyclic amines) is 1. The van der Waals surface area contributed by atoms with Gasteiger partial charge in [-0.05, 0) is 38.1 Å². The highest BCUT2D eigenvalue weighted by Crippen LogP contribution is 2.26. The molecule has 1 aliphatic heterocycles. The van der Waals surface area contributed by atoms with Crippen LogP contribution in [0.5, 0.6) is 5.75 Å². The molecule has 104 valence electrons. The number of methoxy groups -OCH3 is 1. The molecular formula is C15H22N2O2. The topological polar surface area (TPSA) is 55.6 Å². The number of nitrogens with two attached hydrogens (primary N) is 1. The average molecular weight is 262 g/mol. The summed E-state index contributed by atoms with van der Waals surface area (Å²) in [4.78, 5) is 14.8. The second-order valence-electron chi connectivity index (χ2n) is 4.97. The fraction of sp³-hybridized carbons (Fsp3) is 0.533. The second-order valence-corrected chi connectivity index (χ2v) is 4.97. The maximum Gasteiger partial charge on any atom is 0.169 e. The number of hydrogen-bond donors (Lipinski definition) is 1. The van der Waals surface area contributed by atoms with Crippen LogP contribution in [-0.4, -0.2) is 44.0 Å². The molecule has 0 saturated carbocycles. The van der Waals surface area contributed by atoms with Crippen LogP contribution < -0.4 is 10.5 Å². The van der Waals surface area contributed by atoms with Crippen LogP contribution >= 0.6 is 0 Å². The third-order valence-electron chi connectivity index (χ3n) is 3.78. The first kappa shape index (κ1) is 14.0. The first-order chi connectivity index (χ1) is 9.26. The quantitative estimate of drug-likeness (QED) is 0.818. The molecule has 0 bridgehead atoms. The molecule has 1 fully saturated rings. The van der Waals surface area contributed by atoms with Gasteiger partial charge in [0.1, 0.15) is 5.75 Å². The molecule has 4 nitrogen and oxygen atoms in total. The predicted molar refractivity (Wildman–Crippen MR) is 75.5 cm³/mol. The lowest BCUT2D eigenvalue weighted by Crippen LogP contribution is -2.39. The third kappa shape index (κ3) is 3.33. The summed E-state index contributed by atoms with van der Waals surface area (Å²) in [6, 6.07) is 7.48. The number of benzene rings is 1. The van der Waals surface area contributed by atoms with E-state index in [0.717, 1.165) is 32.5 Å². The van der Waals surface area contributed by atoms with Gasteiger partial charge >= 0.3 is 0 Å². The average Bonchev–Trinajstić information content (AvgIpc) is 2.47. The Hall–Kier alpha value is -1.39. The van der Waals surface area contributed by atoms with Gasteiger partial charge in [-0.25, -0.2) is 0 Å². The van der Waals surface area contributed by atoms with E-state index in [1.807, 2.05) is 24.3 Å². The number of Topliss-reactive ketones (excluding diaryl/α,β-unsaturated/α-hetero) is 1. The number of para-hydroxylation sites is 1. The Morgan fingerprint density at radius 3 is 2.68 bits per heavy atom. The Balaban J connectivity index is 2.01. The van der Waals surface area contributed by atoms with E-state index in [2.05, 4.69) is 4.90 Å². The normalized spacial score (nSPS) is 17.4. The summed E-state index contributed by atoms with van der Waals surface area (Å²) in [5.41, 5.74) is 6.27. The highest BCUT2D eigenvalue weighted by Gasteiger charge is 2.26. The van der Waals surface area contributed by atoms with E-state index in [9.17, 15) is 4.79 Å². The molecule has 1 heterocycles. The minimum atomic E-state index is 0.116. The number of carbonyl (C=O) groups excluding carboxylic acids is 1. The highest BCUT2D eigenvalue weighted by molar-refractivity contribution is 6.00. The second kappa shape index (κ2) is 6.68. The number of nitrogens with zero attached hydrogens (tertiary/aromatic N) is 1. The van der Waals surface area contributed by atoms with Gasteiger partial charge in [0.25, 0.3) is 0 Å². The molecule has 1 saturated heterocycles. The Bertz CT molecular complexity index is 426. The first-order valence-corrected chi connectivity index (χ1v) is 6.86. The lowest BCUT2D eigenvalue weighted by molar-refractivity contribution is 0.0839. The van der Waals surface area contributed by atoms with Crippen LogP contribution in [-0.2, 0) is 0 Å². The third-order valence-corrected chi connectivity index (χ3v) is 3.78. The number of carbonyl (C=O) groups is 1. The van der Waals surface area contributed by atoms with Crippen molar-refractivity contribution in [3.05, 3.63) is 29.8 Å². The van der Waals surface area contributed by atoms with Crippen molar-refractivity contribution in [1.82, 2.24) is 4.90 Å². The summed E-state index contributed by atoms with van der Waals surface area (Å²) in [5.74, 6) is 1.01. The highest BCUT2D eigenvalue weighted by atomic mass is 16.5. The van der Waals surface area contributed by atoms with Crippen LogP contribution in [0, 0.1) is 5.92 Å². The van der Waals surface area contributed by atoms with Crippen molar-refractivity contribution in [1.29, 1.82) is 0 Å². The monoisotopic (exact) mass is 262 g/mol.